The van der Waals surface area contributed by atoms with Crippen molar-refractivity contribution in [2.24, 2.45) is 17.8 Å². The summed E-state index contributed by atoms with van der Waals surface area (Å²) in [5, 5.41) is 1.45. The lowest BCUT2D eigenvalue weighted by Crippen LogP contribution is -2.49. The third-order valence-electron chi connectivity index (χ3n) is 6.25. The largest absolute Gasteiger partial charge is 0.357 e. The number of para-hydroxylation sites is 1. The molecule has 1 N–H and O–H groups in total. The Bertz CT molecular complexity index is 657. The Balaban J connectivity index is 1.81. The number of aromatic amines is 1. The molecular formula is C19H26N2. The highest BCUT2D eigenvalue weighted by Gasteiger charge is 2.42. The van der Waals surface area contributed by atoms with Gasteiger partial charge in [0, 0.05) is 29.7 Å². The molecule has 3 heterocycles. The van der Waals surface area contributed by atoms with Gasteiger partial charge in [0.05, 0.1) is 6.04 Å². The summed E-state index contributed by atoms with van der Waals surface area (Å²) in [4.78, 5) is 6.50. The van der Waals surface area contributed by atoms with E-state index in [1.807, 2.05) is 0 Å². The van der Waals surface area contributed by atoms with E-state index in [9.17, 15) is 0 Å². The maximum Gasteiger partial charge on any atom is 0.0529 e. The maximum absolute atomic E-state index is 3.76. The summed E-state index contributed by atoms with van der Waals surface area (Å²) < 4.78 is 0. The first-order valence-corrected chi connectivity index (χ1v) is 8.54. The molecule has 2 nitrogen and oxygen atoms in total. The van der Waals surface area contributed by atoms with Crippen molar-refractivity contribution in [2.45, 2.75) is 39.7 Å². The Morgan fingerprint density at radius 3 is 2.81 bits per heavy atom. The maximum atomic E-state index is 3.76. The molecule has 21 heavy (non-hydrogen) atoms. The summed E-state index contributed by atoms with van der Waals surface area (Å²) >= 11 is 0. The Kier molecular flexibility index (Phi) is 3.11. The SMILES string of the molecule is CCC1CN2CCc3c([nH]c4ccccc34)C2C(C)C1C. The zero-order chi connectivity index (χ0) is 14.6. The van der Waals surface area contributed by atoms with Gasteiger partial charge >= 0.3 is 0 Å². The van der Waals surface area contributed by atoms with E-state index in [1.54, 1.807) is 5.56 Å². The molecule has 0 amide bonds. The molecule has 1 fully saturated rings. The number of benzene rings is 1. The predicted molar refractivity (Wildman–Crippen MR) is 88.4 cm³/mol. The second-order valence-corrected chi connectivity index (χ2v) is 7.14. The molecule has 0 aliphatic carbocycles. The molecule has 4 unspecified atom stereocenters. The lowest BCUT2D eigenvalue weighted by Gasteiger charge is -2.49. The average Bonchev–Trinajstić information content (AvgIpc) is 2.88. The van der Waals surface area contributed by atoms with Crippen molar-refractivity contribution in [3.63, 3.8) is 0 Å². The van der Waals surface area contributed by atoms with Crippen molar-refractivity contribution in [3.8, 4) is 0 Å². The number of fused-ring (bicyclic) bond motifs is 5. The minimum Gasteiger partial charge on any atom is -0.357 e. The normalized spacial score (nSPS) is 32.9. The topological polar surface area (TPSA) is 19.0 Å². The Labute approximate surface area is 127 Å². The van der Waals surface area contributed by atoms with Crippen LogP contribution in [0.2, 0.25) is 0 Å². The van der Waals surface area contributed by atoms with Crippen LogP contribution in [0.1, 0.15) is 44.5 Å². The van der Waals surface area contributed by atoms with Gasteiger partial charge in [0.1, 0.15) is 0 Å². The molecule has 4 rings (SSSR count). The number of piperidine rings is 1. The molecule has 2 aliphatic heterocycles. The standard InChI is InChI=1S/C19H26N2/c1-4-14-11-21-10-9-16-15-7-5-6-8-17(15)20-18(16)19(21)13(3)12(14)2/h5-8,12-14,19-20H,4,9-11H2,1-3H3. The van der Waals surface area contributed by atoms with E-state index in [0.717, 1.165) is 17.8 Å². The first-order valence-electron chi connectivity index (χ1n) is 8.54. The minimum absolute atomic E-state index is 0.596. The van der Waals surface area contributed by atoms with Crippen LogP contribution in [0.4, 0.5) is 0 Å². The van der Waals surface area contributed by atoms with Crippen LogP contribution < -0.4 is 0 Å². The van der Waals surface area contributed by atoms with Gasteiger partial charge in [-0.3, -0.25) is 4.90 Å². The van der Waals surface area contributed by atoms with Crippen LogP contribution in [0.15, 0.2) is 24.3 Å². The second kappa shape index (κ2) is 4.88. The summed E-state index contributed by atoms with van der Waals surface area (Å²) in [5.41, 5.74) is 4.42. The van der Waals surface area contributed by atoms with Crippen molar-refractivity contribution in [2.75, 3.05) is 13.1 Å². The Hall–Kier alpha value is -1.28. The first kappa shape index (κ1) is 13.4. The molecule has 0 spiro atoms. The van der Waals surface area contributed by atoms with Crippen molar-refractivity contribution in [1.29, 1.82) is 0 Å². The smallest absolute Gasteiger partial charge is 0.0529 e. The molecule has 112 valence electrons. The molecule has 1 aromatic carbocycles. The van der Waals surface area contributed by atoms with Crippen molar-refractivity contribution >= 4 is 10.9 Å². The second-order valence-electron chi connectivity index (χ2n) is 7.14. The number of aromatic nitrogens is 1. The number of nitrogens with one attached hydrogen (secondary N) is 1. The minimum atomic E-state index is 0.596. The third kappa shape index (κ3) is 1.88. The monoisotopic (exact) mass is 282 g/mol. The lowest BCUT2D eigenvalue weighted by molar-refractivity contribution is 0.00852. The van der Waals surface area contributed by atoms with Gasteiger partial charge in [0.25, 0.3) is 0 Å². The number of rotatable bonds is 1. The summed E-state index contributed by atoms with van der Waals surface area (Å²) in [6, 6.07) is 9.42. The van der Waals surface area contributed by atoms with Crippen molar-refractivity contribution < 1.29 is 0 Å². The number of H-pyrrole nitrogens is 1. The summed E-state index contributed by atoms with van der Waals surface area (Å²) in [5.74, 6) is 2.41. The molecule has 2 aliphatic rings. The molecular weight excluding hydrogens is 256 g/mol. The highest BCUT2D eigenvalue weighted by molar-refractivity contribution is 5.85. The predicted octanol–water partition coefficient (Wildman–Crippen LogP) is 4.38. The summed E-state index contributed by atoms with van der Waals surface area (Å²) in [6.07, 6.45) is 2.52. The van der Waals surface area contributed by atoms with Crippen LogP contribution in [0.25, 0.3) is 10.9 Å². The van der Waals surface area contributed by atoms with Crippen LogP contribution in [-0.4, -0.2) is 23.0 Å². The zero-order valence-corrected chi connectivity index (χ0v) is 13.4. The fourth-order valence-corrected chi connectivity index (χ4v) is 4.81. The first-order chi connectivity index (χ1) is 10.2. The molecule has 4 atom stereocenters. The van der Waals surface area contributed by atoms with E-state index in [-0.39, 0.29) is 0 Å². The number of hydrogen-bond donors (Lipinski definition) is 1. The molecule has 2 aromatic rings. The molecule has 1 aromatic heterocycles. The molecule has 0 bridgehead atoms. The number of nitrogens with zero attached hydrogens (tertiary/aromatic N) is 1. The quantitative estimate of drug-likeness (QED) is 0.822. The van der Waals surface area contributed by atoms with E-state index >= 15 is 0 Å². The number of hydrogen-bond acceptors (Lipinski definition) is 1. The van der Waals surface area contributed by atoms with E-state index in [0.29, 0.717) is 6.04 Å². The van der Waals surface area contributed by atoms with Gasteiger partial charge in [-0.2, -0.15) is 0 Å². The Morgan fingerprint density at radius 1 is 1.19 bits per heavy atom. The summed E-state index contributed by atoms with van der Waals surface area (Å²) in [6.45, 7) is 9.79. The van der Waals surface area contributed by atoms with Gasteiger partial charge < -0.3 is 4.98 Å². The van der Waals surface area contributed by atoms with Crippen LogP contribution in [0, 0.1) is 17.8 Å². The van der Waals surface area contributed by atoms with E-state index in [4.69, 9.17) is 0 Å². The molecule has 0 saturated carbocycles. The van der Waals surface area contributed by atoms with Gasteiger partial charge in [-0.15, -0.1) is 0 Å². The van der Waals surface area contributed by atoms with Gasteiger partial charge in [0.2, 0.25) is 0 Å². The molecule has 1 saturated heterocycles. The van der Waals surface area contributed by atoms with E-state index in [2.05, 4.69) is 54.9 Å². The Morgan fingerprint density at radius 2 is 2.00 bits per heavy atom. The van der Waals surface area contributed by atoms with Crippen molar-refractivity contribution in [1.82, 2.24) is 9.88 Å². The highest BCUT2D eigenvalue weighted by Crippen LogP contribution is 2.46. The fraction of sp³-hybridized carbons (Fsp3) is 0.579. The molecule has 0 radical (unpaired) electrons. The third-order valence-corrected chi connectivity index (χ3v) is 6.25. The van der Waals surface area contributed by atoms with Crippen LogP contribution in [0.3, 0.4) is 0 Å². The average molecular weight is 282 g/mol. The van der Waals surface area contributed by atoms with E-state index in [1.165, 1.54) is 42.5 Å². The van der Waals surface area contributed by atoms with Crippen LogP contribution in [0.5, 0.6) is 0 Å². The highest BCUT2D eigenvalue weighted by atomic mass is 15.2. The summed E-state index contributed by atoms with van der Waals surface area (Å²) in [7, 11) is 0. The van der Waals surface area contributed by atoms with Gasteiger partial charge in [-0.05, 0) is 35.8 Å². The van der Waals surface area contributed by atoms with Gasteiger partial charge in [-0.25, -0.2) is 0 Å². The van der Waals surface area contributed by atoms with Crippen LogP contribution >= 0.6 is 0 Å². The lowest BCUT2D eigenvalue weighted by atomic mass is 9.71. The van der Waals surface area contributed by atoms with Gasteiger partial charge in [0.15, 0.2) is 0 Å². The van der Waals surface area contributed by atoms with Crippen molar-refractivity contribution in [3.05, 3.63) is 35.5 Å². The zero-order valence-electron chi connectivity index (χ0n) is 13.4. The fourth-order valence-electron chi connectivity index (χ4n) is 4.81. The van der Waals surface area contributed by atoms with Gasteiger partial charge in [-0.1, -0.05) is 45.4 Å². The van der Waals surface area contributed by atoms with Crippen LogP contribution in [-0.2, 0) is 6.42 Å². The molecule has 2 heteroatoms. The van der Waals surface area contributed by atoms with E-state index < -0.39 is 0 Å².